The van der Waals surface area contributed by atoms with E-state index < -0.39 is 5.60 Å². The smallest absolute Gasteiger partial charge is 0.251 e. The first-order valence-electron chi connectivity index (χ1n) is 8.94. The zero-order chi connectivity index (χ0) is 17.6. The Labute approximate surface area is 145 Å². The molecule has 1 fully saturated rings. The standard InChI is InChI=1S/C19H31N3O2/c1-5-8-15-13-22(12-10-16-9-6-7-11-20-16)14-17(15)21-18(23)19(2,3)24-4/h6-7,9,11,15,17H,5,8,10,12-14H2,1-4H3,(H,21,23)/t15-,17-/m1/s1. The van der Waals surface area contributed by atoms with Gasteiger partial charge >= 0.3 is 0 Å². The normalized spacial score (nSPS) is 21.8. The topological polar surface area (TPSA) is 54.5 Å². The zero-order valence-corrected chi connectivity index (χ0v) is 15.4. The van der Waals surface area contributed by atoms with Crippen molar-refractivity contribution in [2.45, 2.75) is 51.7 Å². The second-order valence-electron chi connectivity index (χ2n) is 7.17. The van der Waals surface area contributed by atoms with Gasteiger partial charge in [-0.3, -0.25) is 9.78 Å². The molecule has 2 atom stereocenters. The molecule has 0 spiro atoms. The molecule has 1 amide bonds. The number of nitrogens with zero attached hydrogens (tertiary/aromatic N) is 2. The molecule has 134 valence electrons. The number of carbonyl (C=O) groups is 1. The van der Waals surface area contributed by atoms with Gasteiger partial charge in [0.1, 0.15) is 5.60 Å². The molecule has 1 saturated heterocycles. The van der Waals surface area contributed by atoms with Crippen LogP contribution >= 0.6 is 0 Å². The lowest BCUT2D eigenvalue weighted by Gasteiger charge is -2.26. The number of nitrogens with one attached hydrogen (secondary N) is 1. The Hall–Kier alpha value is -1.46. The van der Waals surface area contributed by atoms with Crippen LogP contribution in [0.15, 0.2) is 24.4 Å². The van der Waals surface area contributed by atoms with E-state index in [1.165, 1.54) is 0 Å². The molecule has 1 aliphatic rings. The number of pyridine rings is 1. The summed E-state index contributed by atoms with van der Waals surface area (Å²) in [7, 11) is 1.58. The van der Waals surface area contributed by atoms with E-state index >= 15 is 0 Å². The lowest BCUT2D eigenvalue weighted by molar-refractivity contribution is -0.140. The van der Waals surface area contributed by atoms with Gasteiger partial charge in [0.2, 0.25) is 0 Å². The number of methoxy groups -OCH3 is 1. The van der Waals surface area contributed by atoms with Gasteiger partial charge in [-0.1, -0.05) is 19.4 Å². The molecule has 1 aromatic heterocycles. The van der Waals surface area contributed by atoms with Crippen LogP contribution in [0.5, 0.6) is 0 Å². The van der Waals surface area contributed by atoms with E-state index in [1.807, 2.05) is 32.2 Å². The summed E-state index contributed by atoms with van der Waals surface area (Å²) in [4.78, 5) is 19.3. The van der Waals surface area contributed by atoms with Crippen molar-refractivity contribution < 1.29 is 9.53 Å². The Morgan fingerprint density at radius 2 is 2.21 bits per heavy atom. The fourth-order valence-electron chi connectivity index (χ4n) is 3.22. The average molecular weight is 333 g/mol. The maximum atomic E-state index is 12.4. The molecule has 2 rings (SSSR count). The van der Waals surface area contributed by atoms with Gasteiger partial charge in [0.15, 0.2) is 0 Å². The lowest BCUT2D eigenvalue weighted by Crippen LogP contribution is -2.50. The van der Waals surface area contributed by atoms with Gasteiger partial charge in [-0.25, -0.2) is 0 Å². The van der Waals surface area contributed by atoms with E-state index in [0.29, 0.717) is 5.92 Å². The Kier molecular flexibility index (Phi) is 6.75. The summed E-state index contributed by atoms with van der Waals surface area (Å²) in [6, 6.07) is 6.25. The summed E-state index contributed by atoms with van der Waals surface area (Å²) < 4.78 is 5.30. The van der Waals surface area contributed by atoms with Crippen LogP contribution in [-0.4, -0.2) is 54.2 Å². The molecule has 1 N–H and O–H groups in total. The molecular weight excluding hydrogens is 302 g/mol. The number of hydrogen-bond acceptors (Lipinski definition) is 4. The van der Waals surface area contributed by atoms with E-state index in [2.05, 4.69) is 28.2 Å². The second kappa shape index (κ2) is 8.58. The van der Waals surface area contributed by atoms with Crippen molar-refractivity contribution in [3.8, 4) is 0 Å². The van der Waals surface area contributed by atoms with Crippen molar-refractivity contribution in [3.63, 3.8) is 0 Å². The van der Waals surface area contributed by atoms with E-state index in [-0.39, 0.29) is 11.9 Å². The summed E-state index contributed by atoms with van der Waals surface area (Å²) in [5.74, 6) is 0.484. The van der Waals surface area contributed by atoms with Crippen molar-refractivity contribution in [2.24, 2.45) is 5.92 Å². The van der Waals surface area contributed by atoms with Gasteiger partial charge < -0.3 is 15.0 Å². The number of carbonyl (C=O) groups excluding carboxylic acids is 1. The zero-order valence-electron chi connectivity index (χ0n) is 15.4. The van der Waals surface area contributed by atoms with Crippen molar-refractivity contribution in [1.82, 2.24) is 15.2 Å². The molecule has 0 aliphatic carbocycles. The summed E-state index contributed by atoms with van der Waals surface area (Å²) in [5, 5.41) is 3.21. The molecule has 5 heteroatoms. The van der Waals surface area contributed by atoms with E-state index in [4.69, 9.17) is 4.74 Å². The van der Waals surface area contributed by atoms with Gasteiger partial charge in [0.25, 0.3) is 5.91 Å². The fraction of sp³-hybridized carbons (Fsp3) is 0.684. The van der Waals surface area contributed by atoms with Crippen LogP contribution < -0.4 is 5.32 Å². The van der Waals surface area contributed by atoms with Gasteiger partial charge in [-0.05, 0) is 38.3 Å². The average Bonchev–Trinajstić information content (AvgIpc) is 2.96. The lowest BCUT2D eigenvalue weighted by atomic mass is 9.97. The van der Waals surface area contributed by atoms with Crippen molar-refractivity contribution >= 4 is 5.91 Å². The fourth-order valence-corrected chi connectivity index (χ4v) is 3.22. The molecule has 2 heterocycles. The van der Waals surface area contributed by atoms with Crippen LogP contribution in [0.3, 0.4) is 0 Å². The van der Waals surface area contributed by atoms with E-state index in [1.54, 1.807) is 7.11 Å². The Bertz CT molecular complexity index is 519. The van der Waals surface area contributed by atoms with Crippen LogP contribution in [0, 0.1) is 5.92 Å². The van der Waals surface area contributed by atoms with Crippen LogP contribution in [0.1, 0.15) is 39.3 Å². The highest BCUT2D eigenvalue weighted by Gasteiger charge is 2.36. The summed E-state index contributed by atoms with van der Waals surface area (Å²) in [6.45, 7) is 8.75. The maximum Gasteiger partial charge on any atom is 0.251 e. The first-order chi connectivity index (χ1) is 11.5. The molecule has 0 bridgehead atoms. The number of likely N-dealkylation sites (tertiary alicyclic amines) is 1. The molecule has 0 saturated carbocycles. The van der Waals surface area contributed by atoms with Crippen LogP contribution in [0.2, 0.25) is 0 Å². The summed E-state index contributed by atoms with van der Waals surface area (Å²) in [5.41, 5.74) is 0.343. The number of rotatable bonds is 8. The number of amides is 1. The van der Waals surface area contributed by atoms with Crippen molar-refractivity contribution in [3.05, 3.63) is 30.1 Å². The van der Waals surface area contributed by atoms with Crippen LogP contribution in [0.25, 0.3) is 0 Å². The molecule has 0 unspecified atom stereocenters. The highest BCUT2D eigenvalue weighted by Crippen LogP contribution is 2.23. The minimum Gasteiger partial charge on any atom is -0.369 e. The number of ether oxygens (including phenoxy) is 1. The molecule has 24 heavy (non-hydrogen) atoms. The minimum absolute atomic E-state index is 0.0253. The SMILES string of the molecule is CCC[C@@H]1CN(CCc2ccccn2)C[C@H]1NC(=O)C(C)(C)OC. The number of hydrogen-bond donors (Lipinski definition) is 1. The largest absolute Gasteiger partial charge is 0.369 e. The number of aromatic nitrogens is 1. The minimum atomic E-state index is -0.780. The van der Waals surface area contributed by atoms with Crippen molar-refractivity contribution in [1.29, 1.82) is 0 Å². The molecule has 0 aromatic carbocycles. The predicted octanol–water partition coefficient (Wildman–Crippen LogP) is 2.27. The van der Waals surface area contributed by atoms with Gasteiger partial charge in [0.05, 0.1) is 0 Å². The van der Waals surface area contributed by atoms with Crippen LogP contribution in [-0.2, 0) is 16.0 Å². The van der Waals surface area contributed by atoms with Gasteiger partial charge in [-0.15, -0.1) is 0 Å². The van der Waals surface area contributed by atoms with Gasteiger partial charge in [0, 0.05) is 51.1 Å². The first kappa shape index (κ1) is 18.9. The second-order valence-corrected chi connectivity index (χ2v) is 7.17. The Morgan fingerprint density at radius 3 is 2.83 bits per heavy atom. The highest BCUT2D eigenvalue weighted by atomic mass is 16.5. The molecule has 5 nitrogen and oxygen atoms in total. The Balaban J connectivity index is 1.91. The van der Waals surface area contributed by atoms with Gasteiger partial charge in [-0.2, -0.15) is 0 Å². The van der Waals surface area contributed by atoms with E-state index in [9.17, 15) is 4.79 Å². The predicted molar refractivity (Wildman–Crippen MR) is 95.8 cm³/mol. The maximum absolute atomic E-state index is 12.4. The monoisotopic (exact) mass is 333 g/mol. The molecule has 1 aromatic rings. The highest BCUT2D eigenvalue weighted by molar-refractivity contribution is 5.84. The summed E-state index contributed by atoms with van der Waals surface area (Å²) >= 11 is 0. The molecular formula is C19H31N3O2. The first-order valence-corrected chi connectivity index (χ1v) is 8.94. The third-order valence-corrected chi connectivity index (χ3v) is 4.96. The van der Waals surface area contributed by atoms with Crippen LogP contribution in [0.4, 0.5) is 0 Å². The third kappa shape index (κ3) is 5.02. The Morgan fingerprint density at radius 1 is 1.42 bits per heavy atom. The summed E-state index contributed by atoms with van der Waals surface area (Å²) in [6.07, 6.45) is 5.07. The molecule has 1 aliphatic heterocycles. The third-order valence-electron chi connectivity index (χ3n) is 4.96. The van der Waals surface area contributed by atoms with E-state index in [0.717, 1.165) is 44.6 Å². The quantitative estimate of drug-likeness (QED) is 0.793. The molecule has 0 radical (unpaired) electrons. The van der Waals surface area contributed by atoms with Crippen molar-refractivity contribution in [2.75, 3.05) is 26.7 Å².